The molecule has 0 aromatic heterocycles. The fourth-order valence-corrected chi connectivity index (χ4v) is 15.1. The van der Waals surface area contributed by atoms with Gasteiger partial charge in [-0.2, -0.15) is 0 Å². The van der Waals surface area contributed by atoms with Crippen molar-refractivity contribution in [2.75, 3.05) is 0 Å². The third-order valence-electron chi connectivity index (χ3n) is 7.67. The maximum Gasteiger partial charge on any atom is -1.00 e. The summed E-state index contributed by atoms with van der Waals surface area (Å²) in [5.41, 5.74) is 10.7. The summed E-state index contributed by atoms with van der Waals surface area (Å²) < 4.78 is -0.185. The maximum absolute atomic E-state index is 2.70. The summed E-state index contributed by atoms with van der Waals surface area (Å²) in [6.07, 6.45) is 7.18. The zero-order valence-electron chi connectivity index (χ0n) is 23.9. The molecule has 0 amide bonds. The Hall–Kier alpha value is -1.84. The van der Waals surface area contributed by atoms with Crippen LogP contribution in [0.1, 0.15) is 38.9 Å². The minimum absolute atomic E-state index is 0. The fourth-order valence-electron chi connectivity index (χ4n) is 6.54. The van der Waals surface area contributed by atoms with E-state index >= 15 is 0 Å². The fraction of sp³-hybridized carbons (Fsp3) is 0.200. The molecule has 204 valence electrons. The molecule has 5 heteroatoms. The van der Waals surface area contributed by atoms with Crippen LogP contribution in [-0.4, -0.2) is 8.07 Å². The van der Waals surface area contributed by atoms with Crippen LogP contribution in [-0.2, 0) is 20.4 Å². The second-order valence-electron chi connectivity index (χ2n) is 11.0. The molecule has 1 unspecified atom stereocenters. The quantitative estimate of drug-likeness (QED) is 0.174. The Morgan fingerprint density at radius 1 is 0.525 bits per heavy atom. The molecule has 5 rings (SSSR count). The van der Waals surface area contributed by atoms with E-state index in [1.807, 2.05) is 0 Å². The van der Waals surface area contributed by atoms with Crippen molar-refractivity contribution in [3.63, 3.8) is 0 Å². The van der Waals surface area contributed by atoms with E-state index in [2.05, 4.69) is 165 Å². The van der Waals surface area contributed by atoms with Crippen LogP contribution >= 0.6 is 0 Å². The molecule has 1 atom stereocenters. The largest absolute Gasteiger partial charge is 1.00 e. The van der Waals surface area contributed by atoms with Gasteiger partial charge in [0.15, 0.2) is 0 Å². The third-order valence-corrected chi connectivity index (χ3v) is 15.2. The van der Waals surface area contributed by atoms with Crippen LogP contribution in [0.25, 0.3) is 5.57 Å². The number of aryl methyl sites for hydroxylation is 6. The van der Waals surface area contributed by atoms with E-state index in [1.165, 1.54) is 60.1 Å². The maximum atomic E-state index is 2.51. The molecule has 0 heterocycles. The van der Waals surface area contributed by atoms with Gasteiger partial charge in [-0.15, -0.1) is 0 Å². The Morgan fingerprint density at radius 2 is 0.875 bits per heavy atom. The van der Waals surface area contributed by atoms with E-state index in [0.717, 1.165) is 0 Å². The zero-order valence-corrected chi connectivity index (χ0v) is 28.8. The van der Waals surface area contributed by atoms with Crippen molar-refractivity contribution in [3.05, 3.63) is 142 Å². The molecule has 40 heavy (non-hydrogen) atoms. The van der Waals surface area contributed by atoms with Crippen LogP contribution < -0.4 is 52.8 Å². The first-order chi connectivity index (χ1) is 17.6. The molecule has 0 radical (unpaired) electrons. The minimum atomic E-state index is -2.70. The predicted molar refractivity (Wildman–Crippen MR) is 159 cm³/mol. The molecule has 0 fully saturated rings. The Bertz CT molecular complexity index is 1370. The topological polar surface area (TPSA) is 0 Å². The summed E-state index contributed by atoms with van der Waals surface area (Å²) in [7, 11) is -2.70. The van der Waals surface area contributed by atoms with E-state index in [4.69, 9.17) is 0 Å². The summed E-state index contributed by atoms with van der Waals surface area (Å²) in [4.78, 5) is 0. The van der Waals surface area contributed by atoms with Crippen molar-refractivity contribution < 1.29 is 57.7 Å². The van der Waals surface area contributed by atoms with E-state index < -0.39 is 8.07 Å². The summed E-state index contributed by atoms with van der Waals surface area (Å²) in [6.45, 7) is 13.5. The van der Waals surface area contributed by atoms with E-state index in [-0.39, 0.29) is 40.6 Å². The smallest absolute Gasteiger partial charge is 1.00 e. The molecule has 0 saturated carbocycles. The summed E-state index contributed by atoms with van der Waals surface area (Å²) in [5, 5.41) is 4.45. The molecule has 0 spiro atoms. The molecule has 0 nitrogen and oxygen atoms in total. The van der Waals surface area contributed by atoms with Crippen LogP contribution in [0.2, 0.25) is 3.34 Å². The first kappa shape index (κ1) is 34.4. The van der Waals surface area contributed by atoms with Gasteiger partial charge in [-0.3, -0.25) is 0 Å². The number of halogens is 3. The Kier molecular flexibility index (Phi) is 11.5. The van der Waals surface area contributed by atoms with Gasteiger partial charge in [0.25, 0.3) is 0 Å². The van der Waals surface area contributed by atoms with Crippen LogP contribution in [0, 0.1) is 41.5 Å². The van der Waals surface area contributed by atoms with Crippen LogP contribution in [0.4, 0.5) is 0 Å². The van der Waals surface area contributed by atoms with Crippen LogP contribution in [0.5, 0.6) is 0 Å². The van der Waals surface area contributed by atoms with Gasteiger partial charge in [0.1, 0.15) is 0 Å². The Labute approximate surface area is 272 Å². The molecule has 4 aromatic rings. The minimum Gasteiger partial charge on any atom is -1.00 e. The van der Waals surface area contributed by atoms with Gasteiger partial charge in [0.05, 0.1) is 0 Å². The molecule has 0 N–H and O–H groups in total. The van der Waals surface area contributed by atoms with E-state index in [1.54, 1.807) is 0 Å². The number of rotatable bonds is 5. The summed E-state index contributed by atoms with van der Waals surface area (Å²) in [5.74, 6) is 0. The molecule has 1 aliphatic rings. The number of hydrogen-bond donors (Lipinski definition) is 0. The van der Waals surface area contributed by atoms with Crippen molar-refractivity contribution >= 4 is 29.2 Å². The SMILES string of the molecule is Cc1cc(C)cc([Si](c2cc(C)cc(C)c2)(c2cc(C)cc(C)c2)[C]2([Ti+3])C=CC=C2c2ccccc2)c1.[Cl-].[Cl-].[Cl-]. The molecule has 0 saturated heterocycles. The number of hydrogen-bond acceptors (Lipinski definition) is 0. The van der Waals surface area contributed by atoms with Gasteiger partial charge in [-0.05, 0) is 0 Å². The second kappa shape index (κ2) is 13.4. The van der Waals surface area contributed by atoms with Crippen molar-refractivity contribution in [2.24, 2.45) is 0 Å². The first-order valence-corrected chi connectivity index (χ1v) is 15.9. The second-order valence-corrected chi connectivity index (χ2v) is 17.0. The van der Waals surface area contributed by atoms with Gasteiger partial charge in [-0.1, -0.05) is 0 Å². The Morgan fingerprint density at radius 3 is 1.23 bits per heavy atom. The summed E-state index contributed by atoms with van der Waals surface area (Å²) >= 11 is 2.51. The van der Waals surface area contributed by atoms with Gasteiger partial charge in [0.2, 0.25) is 0 Å². The van der Waals surface area contributed by atoms with Gasteiger partial charge in [-0.25, -0.2) is 0 Å². The monoisotopic (exact) mass is 636 g/mol. The van der Waals surface area contributed by atoms with E-state index in [0.29, 0.717) is 0 Å². The van der Waals surface area contributed by atoms with E-state index in [9.17, 15) is 0 Å². The molecular formula is C35H35Cl3SiTi. The van der Waals surface area contributed by atoms with Crippen molar-refractivity contribution in [3.8, 4) is 0 Å². The van der Waals surface area contributed by atoms with Gasteiger partial charge in [0, 0.05) is 0 Å². The average molecular weight is 638 g/mol. The molecule has 4 aromatic carbocycles. The first-order valence-electron chi connectivity index (χ1n) is 13.1. The molecular weight excluding hydrogens is 603 g/mol. The van der Waals surface area contributed by atoms with Gasteiger partial charge >= 0.3 is 237 Å². The number of allylic oxidation sites excluding steroid dienone is 4. The average Bonchev–Trinajstić information content (AvgIpc) is 3.21. The van der Waals surface area contributed by atoms with Crippen molar-refractivity contribution in [2.45, 2.75) is 44.9 Å². The number of benzene rings is 4. The van der Waals surface area contributed by atoms with Crippen LogP contribution in [0.3, 0.4) is 0 Å². The standard InChI is InChI=1S/C35H35Si.3ClH.Ti/c1-24-15-25(2)19-31(18-24)36(32-20-26(3)16-27(4)21-32,33-22-28(5)17-29(6)23-33)35-14-10-13-34(35)30-11-8-7-9-12-30;;;;/h7-23H,1-6H3;3*1H;/q;;;;+3/p-3. The summed E-state index contributed by atoms with van der Waals surface area (Å²) in [6, 6.07) is 32.8. The predicted octanol–water partition coefficient (Wildman–Crippen LogP) is -2.08. The zero-order chi connectivity index (χ0) is 26.4. The molecule has 0 bridgehead atoms. The molecule has 1 aliphatic carbocycles. The van der Waals surface area contributed by atoms with Crippen molar-refractivity contribution in [1.29, 1.82) is 0 Å². The third kappa shape index (κ3) is 6.02. The normalized spacial score (nSPS) is 15.9. The van der Waals surface area contributed by atoms with Crippen molar-refractivity contribution in [1.82, 2.24) is 0 Å². The Balaban J connectivity index is 0.00000187. The van der Waals surface area contributed by atoms with Crippen LogP contribution in [0.15, 0.2) is 103 Å². The van der Waals surface area contributed by atoms with Gasteiger partial charge < -0.3 is 37.2 Å². The molecule has 0 aliphatic heterocycles.